The van der Waals surface area contributed by atoms with E-state index >= 15 is 0 Å². The van der Waals surface area contributed by atoms with Crippen molar-refractivity contribution >= 4 is 29.1 Å². The van der Waals surface area contributed by atoms with Gasteiger partial charge in [-0.25, -0.2) is 9.78 Å². The molecule has 0 aliphatic carbocycles. The first-order chi connectivity index (χ1) is 16.8. The number of nitrogens with one attached hydrogen (secondary N) is 1. The molecule has 0 atom stereocenters. The molecule has 7 nitrogen and oxygen atoms in total. The fraction of sp³-hybridized carbons (Fsp3) is 0.240. The molecule has 0 spiro atoms. The Labute approximate surface area is 200 Å². The van der Waals surface area contributed by atoms with Crippen LogP contribution in [0.1, 0.15) is 15.9 Å². The zero-order valence-electron chi connectivity index (χ0n) is 18.7. The van der Waals surface area contributed by atoms with Gasteiger partial charge in [-0.2, -0.15) is 13.2 Å². The zero-order chi connectivity index (χ0) is 24.8. The highest BCUT2D eigenvalue weighted by Gasteiger charge is 2.30. The minimum absolute atomic E-state index is 0.109. The van der Waals surface area contributed by atoms with E-state index in [2.05, 4.69) is 15.2 Å². The first kappa shape index (κ1) is 24.1. The van der Waals surface area contributed by atoms with Gasteiger partial charge in [-0.1, -0.05) is 24.3 Å². The SMILES string of the molecule is O=C(OCC(=O)N1CCN(c2ccccn2)CC1)c1ccccc1Nc1cccc(C(F)(F)F)c1. The summed E-state index contributed by atoms with van der Waals surface area (Å²) < 4.78 is 44.3. The van der Waals surface area contributed by atoms with Crippen LogP contribution in [0.4, 0.5) is 30.4 Å². The standard InChI is InChI=1S/C25H23F3N4O3/c26-25(27,28)18-6-5-7-19(16-18)30-21-9-2-1-8-20(21)24(34)35-17-23(33)32-14-12-31(13-15-32)22-10-3-4-11-29-22/h1-11,16,30H,12-15,17H2. The number of alkyl halides is 3. The van der Waals surface area contributed by atoms with Crippen molar-refractivity contribution in [2.24, 2.45) is 0 Å². The summed E-state index contributed by atoms with van der Waals surface area (Å²) in [5, 5.41) is 2.83. The number of nitrogens with zero attached hydrogens (tertiary/aromatic N) is 3. The Bertz CT molecular complexity index is 1180. The van der Waals surface area contributed by atoms with Gasteiger partial charge in [0.2, 0.25) is 0 Å². The van der Waals surface area contributed by atoms with E-state index in [4.69, 9.17) is 4.74 Å². The Morgan fingerprint density at radius 2 is 1.69 bits per heavy atom. The maximum atomic E-state index is 13.0. The molecular formula is C25H23F3N4O3. The van der Waals surface area contributed by atoms with Gasteiger partial charge in [0.1, 0.15) is 5.82 Å². The van der Waals surface area contributed by atoms with E-state index < -0.39 is 24.3 Å². The molecule has 1 saturated heterocycles. The van der Waals surface area contributed by atoms with Crippen LogP contribution in [0.3, 0.4) is 0 Å². The molecule has 4 rings (SSSR count). The van der Waals surface area contributed by atoms with E-state index in [1.165, 1.54) is 18.2 Å². The summed E-state index contributed by atoms with van der Waals surface area (Å²) >= 11 is 0. The van der Waals surface area contributed by atoms with Gasteiger partial charge < -0.3 is 19.9 Å². The third-order valence-corrected chi connectivity index (χ3v) is 5.55. The minimum atomic E-state index is -4.49. The van der Waals surface area contributed by atoms with Crippen molar-refractivity contribution in [2.45, 2.75) is 6.18 Å². The van der Waals surface area contributed by atoms with E-state index in [-0.39, 0.29) is 22.8 Å². The second-order valence-corrected chi connectivity index (χ2v) is 7.88. The molecule has 1 N–H and O–H groups in total. The first-order valence-corrected chi connectivity index (χ1v) is 11.0. The maximum Gasteiger partial charge on any atom is 0.416 e. The van der Waals surface area contributed by atoms with Crippen LogP contribution in [-0.4, -0.2) is 54.5 Å². The molecule has 10 heteroatoms. The lowest BCUT2D eigenvalue weighted by molar-refractivity contribution is -0.137. The molecule has 0 bridgehead atoms. The van der Waals surface area contributed by atoms with Crippen molar-refractivity contribution in [3.8, 4) is 0 Å². The summed E-state index contributed by atoms with van der Waals surface area (Å²) in [7, 11) is 0. The Hall–Kier alpha value is -4.08. The highest BCUT2D eigenvalue weighted by molar-refractivity contribution is 5.97. The summed E-state index contributed by atoms with van der Waals surface area (Å²) in [6, 6.07) is 16.6. The second-order valence-electron chi connectivity index (χ2n) is 7.88. The number of benzene rings is 2. The predicted molar refractivity (Wildman–Crippen MR) is 124 cm³/mol. The number of esters is 1. The highest BCUT2D eigenvalue weighted by Crippen LogP contribution is 2.32. The molecular weight excluding hydrogens is 461 g/mol. The Morgan fingerprint density at radius 3 is 2.40 bits per heavy atom. The van der Waals surface area contributed by atoms with Gasteiger partial charge in [-0.15, -0.1) is 0 Å². The molecule has 3 aromatic rings. The number of hydrogen-bond acceptors (Lipinski definition) is 6. The van der Waals surface area contributed by atoms with E-state index in [0.29, 0.717) is 26.2 Å². The fourth-order valence-corrected chi connectivity index (χ4v) is 3.72. The van der Waals surface area contributed by atoms with Gasteiger partial charge in [-0.05, 0) is 42.5 Å². The maximum absolute atomic E-state index is 13.0. The predicted octanol–water partition coefficient (Wildman–Crippen LogP) is 4.35. The van der Waals surface area contributed by atoms with E-state index in [1.54, 1.807) is 29.3 Å². The van der Waals surface area contributed by atoms with Crippen LogP contribution in [0.2, 0.25) is 0 Å². The van der Waals surface area contributed by atoms with Gasteiger partial charge in [0.15, 0.2) is 6.61 Å². The molecule has 1 aromatic heterocycles. The molecule has 1 fully saturated rings. The summed E-state index contributed by atoms with van der Waals surface area (Å²) in [5.41, 5.74) is -0.260. The van der Waals surface area contributed by atoms with Crippen LogP contribution < -0.4 is 10.2 Å². The smallest absolute Gasteiger partial charge is 0.416 e. The number of rotatable bonds is 6. The lowest BCUT2D eigenvalue weighted by atomic mass is 10.1. The Kier molecular flexibility index (Phi) is 7.19. The molecule has 182 valence electrons. The van der Waals surface area contributed by atoms with E-state index in [1.807, 2.05) is 18.2 Å². The van der Waals surface area contributed by atoms with Gasteiger partial charge in [0, 0.05) is 38.1 Å². The van der Waals surface area contributed by atoms with Crippen LogP contribution in [0.5, 0.6) is 0 Å². The molecule has 0 unspecified atom stereocenters. The zero-order valence-corrected chi connectivity index (χ0v) is 18.7. The van der Waals surface area contributed by atoms with Crippen molar-refractivity contribution in [1.82, 2.24) is 9.88 Å². The number of pyridine rings is 1. The lowest BCUT2D eigenvalue weighted by Gasteiger charge is -2.35. The van der Waals surface area contributed by atoms with E-state index in [9.17, 15) is 22.8 Å². The normalized spacial score (nSPS) is 13.9. The van der Waals surface area contributed by atoms with Crippen molar-refractivity contribution < 1.29 is 27.5 Å². The summed E-state index contributed by atoms with van der Waals surface area (Å²) in [6.45, 7) is 1.74. The second kappa shape index (κ2) is 10.5. The Morgan fingerprint density at radius 1 is 0.943 bits per heavy atom. The van der Waals surface area contributed by atoms with Crippen molar-refractivity contribution in [1.29, 1.82) is 0 Å². The third-order valence-electron chi connectivity index (χ3n) is 5.55. The van der Waals surface area contributed by atoms with Crippen LogP contribution in [0, 0.1) is 0 Å². The topological polar surface area (TPSA) is 74.8 Å². The fourth-order valence-electron chi connectivity index (χ4n) is 3.72. The van der Waals surface area contributed by atoms with Gasteiger partial charge in [-0.3, -0.25) is 4.79 Å². The number of amides is 1. The molecule has 1 aliphatic rings. The van der Waals surface area contributed by atoms with Crippen LogP contribution in [-0.2, 0) is 15.7 Å². The quantitative estimate of drug-likeness (QED) is 0.525. The molecule has 1 aliphatic heterocycles. The number of carbonyl (C=O) groups excluding carboxylic acids is 2. The number of para-hydroxylation sites is 1. The molecule has 0 radical (unpaired) electrons. The number of hydrogen-bond donors (Lipinski definition) is 1. The molecule has 2 heterocycles. The molecule has 0 saturated carbocycles. The van der Waals surface area contributed by atoms with Crippen LogP contribution >= 0.6 is 0 Å². The van der Waals surface area contributed by atoms with E-state index in [0.717, 1.165) is 18.0 Å². The molecule has 35 heavy (non-hydrogen) atoms. The summed E-state index contributed by atoms with van der Waals surface area (Å²) in [5.74, 6) is -0.223. The van der Waals surface area contributed by atoms with Gasteiger partial charge in [0.25, 0.3) is 5.91 Å². The molecule has 2 aromatic carbocycles. The number of piperazine rings is 1. The number of ether oxygens (including phenoxy) is 1. The largest absolute Gasteiger partial charge is 0.452 e. The summed E-state index contributed by atoms with van der Waals surface area (Å²) in [6.07, 6.45) is -2.77. The third kappa shape index (κ3) is 6.08. The van der Waals surface area contributed by atoms with Crippen molar-refractivity contribution in [3.63, 3.8) is 0 Å². The average molecular weight is 484 g/mol. The minimum Gasteiger partial charge on any atom is -0.452 e. The van der Waals surface area contributed by atoms with Crippen molar-refractivity contribution in [2.75, 3.05) is 43.0 Å². The number of aromatic nitrogens is 1. The first-order valence-electron chi connectivity index (χ1n) is 11.0. The van der Waals surface area contributed by atoms with Gasteiger partial charge in [0.05, 0.1) is 16.8 Å². The number of halogens is 3. The van der Waals surface area contributed by atoms with Gasteiger partial charge >= 0.3 is 12.1 Å². The number of anilines is 3. The van der Waals surface area contributed by atoms with Crippen molar-refractivity contribution in [3.05, 3.63) is 84.1 Å². The number of carbonyl (C=O) groups is 2. The average Bonchev–Trinajstić information content (AvgIpc) is 2.88. The lowest BCUT2D eigenvalue weighted by Crippen LogP contribution is -2.50. The Balaban J connectivity index is 1.34. The van der Waals surface area contributed by atoms with Crippen LogP contribution in [0.25, 0.3) is 0 Å². The molecule has 1 amide bonds. The summed E-state index contributed by atoms with van der Waals surface area (Å²) in [4.78, 5) is 33.3. The highest BCUT2D eigenvalue weighted by atomic mass is 19.4. The monoisotopic (exact) mass is 484 g/mol. The van der Waals surface area contributed by atoms with Crippen LogP contribution in [0.15, 0.2) is 72.9 Å².